The second-order valence-electron chi connectivity index (χ2n) is 4.22. The number of nitrogens with two attached hydrogens (primary N) is 1. The zero-order valence-electron chi connectivity index (χ0n) is 10.5. The lowest BCUT2D eigenvalue weighted by atomic mass is 10.1. The first-order valence-corrected chi connectivity index (χ1v) is 6.77. The van der Waals surface area contributed by atoms with Crippen molar-refractivity contribution >= 4 is 27.5 Å². The summed E-state index contributed by atoms with van der Waals surface area (Å²) < 4.78 is 0.650. The van der Waals surface area contributed by atoms with Crippen molar-refractivity contribution in [1.82, 2.24) is 4.90 Å². The molecule has 1 rings (SSSR count). The Morgan fingerprint density at radius 3 is 2.78 bits per heavy atom. The molecule has 0 aliphatic carbocycles. The maximum absolute atomic E-state index is 12.2. The van der Waals surface area contributed by atoms with E-state index in [-0.39, 0.29) is 12.5 Å². The van der Waals surface area contributed by atoms with Crippen LogP contribution in [0.15, 0.2) is 22.7 Å². The van der Waals surface area contributed by atoms with Crippen molar-refractivity contribution in [3.8, 4) is 0 Å². The summed E-state index contributed by atoms with van der Waals surface area (Å²) >= 11 is 3.34. The van der Waals surface area contributed by atoms with Crippen molar-refractivity contribution in [1.29, 1.82) is 0 Å². The van der Waals surface area contributed by atoms with Gasteiger partial charge in [0, 0.05) is 25.9 Å². The van der Waals surface area contributed by atoms with E-state index in [1.807, 2.05) is 0 Å². The topological polar surface area (TPSA) is 66.6 Å². The van der Waals surface area contributed by atoms with E-state index in [1.54, 1.807) is 30.1 Å². The molecular weight excluding hydrogens is 296 g/mol. The highest BCUT2D eigenvalue weighted by atomic mass is 79.9. The van der Waals surface area contributed by atoms with Gasteiger partial charge in [0.05, 0.1) is 10.0 Å². The summed E-state index contributed by atoms with van der Waals surface area (Å²) in [5, 5.41) is 8.68. The molecule has 0 bridgehead atoms. The van der Waals surface area contributed by atoms with E-state index in [4.69, 9.17) is 10.8 Å². The summed E-state index contributed by atoms with van der Waals surface area (Å²) in [4.78, 5) is 13.8. The van der Waals surface area contributed by atoms with Crippen molar-refractivity contribution in [3.05, 3.63) is 28.2 Å². The highest BCUT2D eigenvalue weighted by Gasteiger charge is 2.15. The molecule has 0 spiro atoms. The fourth-order valence-electron chi connectivity index (χ4n) is 1.66. The summed E-state index contributed by atoms with van der Waals surface area (Å²) in [7, 11) is 1.77. The predicted octanol–water partition coefficient (Wildman–Crippen LogP) is 2.27. The lowest BCUT2D eigenvalue weighted by Crippen LogP contribution is -2.28. The average Bonchev–Trinajstić information content (AvgIpc) is 2.37. The van der Waals surface area contributed by atoms with Crippen LogP contribution in [0.4, 0.5) is 5.69 Å². The smallest absolute Gasteiger partial charge is 0.254 e. The molecule has 0 aliphatic rings. The Hall–Kier alpha value is -1.07. The number of benzene rings is 1. The first-order chi connectivity index (χ1) is 8.57. The number of nitrogen functional groups attached to an aromatic ring is 1. The van der Waals surface area contributed by atoms with Gasteiger partial charge in [0.25, 0.3) is 5.91 Å². The first kappa shape index (κ1) is 15.0. The van der Waals surface area contributed by atoms with Gasteiger partial charge in [0.2, 0.25) is 0 Å². The van der Waals surface area contributed by atoms with Gasteiger partial charge in [-0.1, -0.05) is 6.07 Å². The van der Waals surface area contributed by atoms with Crippen LogP contribution in [0, 0.1) is 0 Å². The lowest BCUT2D eigenvalue weighted by molar-refractivity contribution is 0.0791. The number of aliphatic hydroxyl groups excluding tert-OH is 1. The molecule has 18 heavy (non-hydrogen) atoms. The number of carbonyl (C=O) groups is 1. The minimum atomic E-state index is -0.0434. The average molecular weight is 315 g/mol. The number of anilines is 1. The van der Waals surface area contributed by atoms with Crippen LogP contribution >= 0.6 is 15.9 Å². The first-order valence-electron chi connectivity index (χ1n) is 5.98. The number of hydrogen-bond donors (Lipinski definition) is 2. The largest absolute Gasteiger partial charge is 0.398 e. The SMILES string of the molecule is CN(CCCCCO)C(=O)c1cccc(N)c1Br. The molecule has 0 aromatic heterocycles. The van der Waals surface area contributed by atoms with Crippen LogP contribution in [0.1, 0.15) is 29.6 Å². The quantitative estimate of drug-likeness (QED) is 0.625. The molecule has 1 aromatic carbocycles. The lowest BCUT2D eigenvalue weighted by Gasteiger charge is -2.18. The van der Waals surface area contributed by atoms with Crippen LogP contribution in [0.5, 0.6) is 0 Å². The van der Waals surface area contributed by atoms with Gasteiger partial charge in [-0.15, -0.1) is 0 Å². The van der Waals surface area contributed by atoms with Crippen LogP contribution in [-0.4, -0.2) is 36.1 Å². The van der Waals surface area contributed by atoms with Gasteiger partial charge < -0.3 is 15.7 Å². The van der Waals surface area contributed by atoms with E-state index in [2.05, 4.69) is 15.9 Å². The second kappa shape index (κ2) is 7.38. The summed E-state index contributed by atoms with van der Waals surface area (Å²) in [5.74, 6) is -0.0434. The third-order valence-electron chi connectivity index (χ3n) is 2.76. The molecule has 0 atom stereocenters. The fraction of sp³-hybridized carbons (Fsp3) is 0.462. The highest BCUT2D eigenvalue weighted by Crippen LogP contribution is 2.24. The van der Waals surface area contributed by atoms with Gasteiger partial charge in [0.1, 0.15) is 0 Å². The molecule has 0 radical (unpaired) electrons. The number of unbranched alkanes of at least 4 members (excludes halogenated alkanes) is 2. The monoisotopic (exact) mass is 314 g/mol. The number of hydrogen-bond acceptors (Lipinski definition) is 3. The number of aliphatic hydroxyl groups is 1. The molecule has 5 heteroatoms. The molecule has 0 fully saturated rings. The molecular formula is C13H19BrN2O2. The van der Waals surface area contributed by atoms with Crippen LogP contribution in [0.2, 0.25) is 0 Å². The van der Waals surface area contributed by atoms with E-state index in [9.17, 15) is 4.79 Å². The van der Waals surface area contributed by atoms with Crippen LogP contribution in [0.3, 0.4) is 0 Å². The van der Waals surface area contributed by atoms with Gasteiger partial charge in [-0.2, -0.15) is 0 Å². The molecule has 4 nitrogen and oxygen atoms in total. The Bertz CT molecular complexity index is 410. The summed E-state index contributed by atoms with van der Waals surface area (Å²) in [6.45, 7) is 0.887. The molecule has 0 unspecified atom stereocenters. The molecule has 3 N–H and O–H groups in total. The normalized spacial score (nSPS) is 10.4. The maximum Gasteiger partial charge on any atom is 0.254 e. The summed E-state index contributed by atoms with van der Waals surface area (Å²) in [6.07, 6.45) is 2.60. The van der Waals surface area contributed by atoms with E-state index in [0.29, 0.717) is 22.3 Å². The van der Waals surface area contributed by atoms with Crippen molar-refractivity contribution in [3.63, 3.8) is 0 Å². The van der Waals surface area contributed by atoms with E-state index in [1.165, 1.54) is 0 Å². The van der Waals surface area contributed by atoms with Crippen LogP contribution in [-0.2, 0) is 0 Å². The Morgan fingerprint density at radius 2 is 2.11 bits per heavy atom. The Morgan fingerprint density at radius 1 is 1.39 bits per heavy atom. The number of carbonyl (C=O) groups excluding carboxylic acids is 1. The van der Waals surface area contributed by atoms with Gasteiger partial charge in [-0.25, -0.2) is 0 Å². The molecule has 100 valence electrons. The van der Waals surface area contributed by atoms with Crippen molar-refractivity contribution in [2.45, 2.75) is 19.3 Å². The van der Waals surface area contributed by atoms with Crippen LogP contribution in [0.25, 0.3) is 0 Å². The molecule has 0 heterocycles. The Labute approximate surface area is 116 Å². The van der Waals surface area contributed by atoms with Crippen molar-refractivity contribution in [2.75, 3.05) is 25.9 Å². The van der Waals surface area contributed by atoms with Crippen molar-refractivity contribution < 1.29 is 9.90 Å². The van der Waals surface area contributed by atoms with Crippen LogP contribution < -0.4 is 5.73 Å². The minimum Gasteiger partial charge on any atom is -0.398 e. The number of amides is 1. The third-order valence-corrected chi connectivity index (χ3v) is 3.64. The van der Waals surface area contributed by atoms with Gasteiger partial charge in [0.15, 0.2) is 0 Å². The standard InChI is InChI=1S/C13H19BrN2O2/c1-16(8-3-2-4-9-17)13(18)10-6-5-7-11(15)12(10)14/h5-7,17H,2-4,8-9,15H2,1H3. The molecule has 1 aromatic rings. The fourth-order valence-corrected chi connectivity index (χ4v) is 2.09. The van der Waals surface area contributed by atoms with E-state index < -0.39 is 0 Å². The maximum atomic E-state index is 12.2. The van der Waals surface area contributed by atoms with Crippen molar-refractivity contribution in [2.24, 2.45) is 0 Å². The minimum absolute atomic E-state index is 0.0434. The summed E-state index contributed by atoms with van der Waals surface area (Å²) in [6, 6.07) is 5.28. The van der Waals surface area contributed by atoms with Gasteiger partial charge in [-0.3, -0.25) is 4.79 Å². The van der Waals surface area contributed by atoms with E-state index in [0.717, 1.165) is 19.3 Å². The Balaban J connectivity index is 2.60. The van der Waals surface area contributed by atoms with Gasteiger partial charge in [-0.05, 0) is 47.3 Å². The molecule has 0 saturated carbocycles. The highest BCUT2D eigenvalue weighted by molar-refractivity contribution is 9.10. The number of nitrogens with zero attached hydrogens (tertiary/aromatic N) is 1. The molecule has 0 saturated heterocycles. The van der Waals surface area contributed by atoms with E-state index >= 15 is 0 Å². The number of halogens is 1. The second-order valence-corrected chi connectivity index (χ2v) is 5.01. The molecule has 0 aliphatic heterocycles. The third kappa shape index (κ3) is 3.99. The number of rotatable bonds is 6. The Kier molecular flexibility index (Phi) is 6.15. The summed E-state index contributed by atoms with van der Waals surface area (Å²) in [5.41, 5.74) is 6.90. The van der Waals surface area contributed by atoms with Gasteiger partial charge >= 0.3 is 0 Å². The predicted molar refractivity (Wildman–Crippen MR) is 76.5 cm³/mol. The zero-order valence-corrected chi connectivity index (χ0v) is 12.1. The molecule has 1 amide bonds. The zero-order chi connectivity index (χ0) is 13.5.